The van der Waals surface area contributed by atoms with Gasteiger partial charge in [0.25, 0.3) is 0 Å². The normalized spacial score (nSPS) is 17.4. The van der Waals surface area contributed by atoms with E-state index in [0.29, 0.717) is 44.7 Å². The summed E-state index contributed by atoms with van der Waals surface area (Å²) in [6.45, 7) is 2.78. The van der Waals surface area contributed by atoms with E-state index in [2.05, 4.69) is 4.98 Å². The number of hydrogen-bond donors (Lipinski definition) is 1. The number of ketones is 1. The van der Waals surface area contributed by atoms with Crippen LogP contribution < -0.4 is 9.47 Å². The first-order valence-electron chi connectivity index (χ1n) is 9.61. The predicted octanol–water partition coefficient (Wildman–Crippen LogP) is 6.19. The number of halogens is 1. The summed E-state index contributed by atoms with van der Waals surface area (Å²) < 4.78 is 11.7. The van der Waals surface area contributed by atoms with E-state index < -0.39 is 5.92 Å². The van der Waals surface area contributed by atoms with E-state index in [4.69, 9.17) is 26.5 Å². The lowest BCUT2D eigenvalue weighted by atomic mass is 10.0. The summed E-state index contributed by atoms with van der Waals surface area (Å²) in [6, 6.07) is 13.0. The summed E-state index contributed by atoms with van der Waals surface area (Å²) in [7, 11) is 0. The Labute approximate surface area is 193 Å². The fraction of sp³-hybridized carbons (Fsp3) is 0.174. The number of nitrogens with one attached hydrogen (secondary N) is 1. The highest BCUT2D eigenvalue weighted by molar-refractivity contribution is 8.19. The van der Waals surface area contributed by atoms with Gasteiger partial charge < -0.3 is 9.47 Å². The van der Waals surface area contributed by atoms with Crippen molar-refractivity contribution in [2.24, 2.45) is 0 Å². The molecule has 0 saturated carbocycles. The van der Waals surface area contributed by atoms with Gasteiger partial charge in [-0.25, -0.2) is 4.98 Å². The highest BCUT2D eigenvalue weighted by atomic mass is 35.5. The number of rotatable bonds is 7. The Hall–Kier alpha value is -2.61. The first-order chi connectivity index (χ1) is 15.0. The highest BCUT2D eigenvalue weighted by Gasteiger charge is 2.38. The van der Waals surface area contributed by atoms with Crippen LogP contribution in [0.15, 0.2) is 58.9 Å². The molecule has 0 spiro atoms. The van der Waals surface area contributed by atoms with Crippen molar-refractivity contribution in [2.45, 2.75) is 19.4 Å². The molecule has 1 aliphatic rings. The van der Waals surface area contributed by atoms with E-state index >= 15 is 0 Å². The minimum atomic E-state index is -0.593. The number of carbonyl (C=O) groups is 1. The van der Waals surface area contributed by atoms with Crippen LogP contribution in [-0.4, -0.2) is 22.4 Å². The van der Waals surface area contributed by atoms with Gasteiger partial charge in [0, 0.05) is 16.6 Å². The van der Waals surface area contributed by atoms with Crippen LogP contribution >= 0.6 is 34.7 Å². The molecule has 4 rings (SSSR count). The Kier molecular flexibility index (Phi) is 6.75. The summed E-state index contributed by atoms with van der Waals surface area (Å²) in [5, 5.41) is 11.7. The number of benzene rings is 2. The number of thioether (sulfide) groups is 1. The third-order valence-corrected chi connectivity index (χ3v) is 6.65. The summed E-state index contributed by atoms with van der Waals surface area (Å²) in [6.07, 6.45) is 3.45. The second kappa shape index (κ2) is 9.68. The van der Waals surface area contributed by atoms with Gasteiger partial charge in [-0.15, -0.1) is 11.3 Å². The van der Waals surface area contributed by atoms with Gasteiger partial charge in [0.1, 0.15) is 17.5 Å². The van der Waals surface area contributed by atoms with Crippen LogP contribution in [0, 0.1) is 5.41 Å². The molecule has 1 fully saturated rings. The fourth-order valence-corrected chi connectivity index (χ4v) is 5.02. The lowest BCUT2D eigenvalue weighted by Crippen LogP contribution is -2.11. The minimum Gasteiger partial charge on any atom is -0.490 e. The smallest absolute Gasteiger partial charge is 0.186 e. The summed E-state index contributed by atoms with van der Waals surface area (Å²) >= 11 is 8.51. The Morgan fingerprint density at radius 3 is 2.68 bits per heavy atom. The van der Waals surface area contributed by atoms with Crippen LogP contribution in [0.4, 0.5) is 0 Å². The molecule has 1 aromatic heterocycles. The van der Waals surface area contributed by atoms with Gasteiger partial charge in [0.2, 0.25) is 0 Å². The number of Topliss-reactive ketones (excluding diaryl/α,β-unsaturated/α-hetero) is 1. The van der Waals surface area contributed by atoms with Crippen molar-refractivity contribution in [1.29, 1.82) is 5.41 Å². The Morgan fingerprint density at radius 2 is 1.97 bits per heavy atom. The maximum atomic E-state index is 12.9. The van der Waals surface area contributed by atoms with Crippen LogP contribution in [0.5, 0.6) is 11.5 Å². The molecule has 158 valence electrons. The molecular formula is C23H19ClN2O3S2. The molecule has 5 nitrogen and oxygen atoms in total. The Balaban J connectivity index is 1.54. The second-order valence-electron chi connectivity index (χ2n) is 6.70. The van der Waals surface area contributed by atoms with E-state index in [1.165, 1.54) is 23.1 Å². The quantitative estimate of drug-likeness (QED) is 0.416. The number of thiazole rings is 1. The monoisotopic (exact) mass is 470 g/mol. The molecule has 0 bridgehead atoms. The zero-order chi connectivity index (χ0) is 21.8. The molecule has 31 heavy (non-hydrogen) atoms. The van der Waals surface area contributed by atoms with Crippen LogP contribution in [-0.2, 0) is 11.4 Å². The lowest BCUT2D eigenvalue weighted by molar-refractivity contribution is -0.114. The Morgan fingerprint density at radius 1 is 1.16 bits per heavy atom. The van der Waals surface area contributed by atoms with Gasteiger partial charge in [-0.05, 0) is 48.4 Å². The molecule has 8 heteroatoms. The van der Waals surface area contributed by atoms with E-state index in [-0.39, 0.29) is 5.78 Å². The van der Waals surface area contributed by atoms with Gasteiger partial charge in [-0.1, -0.05) is 41.6 Å². The number of nitrogens with zero attached hydrogens (tertiary/aromatic N) is 1. The molecule has 0 unspecified atom stereocenters. The van der Waals surface area contributed by atoms with Gasteiger partial charge in [-0.2, -0.15) is 0 Å². The van der Waals surface area contributed by atoms with Crippen LogP contribution in [0.25, 0.3) is 6.08 Å². The van der Waals surface area contributed by atoms with Crippen molar-refractivity contribution in [3.05, 3.63) is 80.1 Å². The molecule has 1 N–H and O–H groups in total. The topological polar surface area (TPSA) is 72.3 Å². The van der Waals surface area contributed by atoms with Crippen molar-refractivity contribution >= 4 is 51.6 Å². The minimum absolute atomic E-state index is 0.0917. The largest absolute Gasteiger partial charge is 0.490 e. The molecule has 1 atom stereocenters. The highest BCUT2D eigenvalue weighted by Crippen LogP contribution is 2.41. The van der Waals surface area contributed by atoms with Crippen molar-refractivity contribution < 1.29 is 14.3 Å². The third kappa shape index (κ3) is 5.01. The maximum Gasteiger partial charge on any atom is 0.186 e. The van der Waals surface area contributed by atoms with E-state index in [9.17, 15) is 4.79 Å². The summed E-state index contributed by atoms with van der Waals surface area (Å²) in [5.74, 6) is 0.543. The van der Waals surface area contributed by atoms with Gasteiger partial charge >= 0.3 is 0 Å². The van der Waals surface area contributed by atoms with Crippen molar-refractivity contribution in [2.75, 3.05) is 6.61 Å². The first kappa shape index (κ1) is 21.6. The molecule has 1 aliphatic heterocycles. The standard InChI is InChI=1S/C23H19ClN2O3S2/c1-2-28-18-11-15(5-8-17(18)29-13-14-3-6-16(24)7-4-14)12-19-21(27)20(22(25)31-19)23-26-9-10-30-23/h3-12,20,25H,2,13H2,1H3/b19-12-,25-22?/t20-/m1/s1. The molecule has 2 heterocycles. The van der Waals surface area contributed by atoms with Gasteiger partial charge in [-0.3, -0.25) is 10.2 Å². The number of hydrogen-bond acceptors (Lipinski definition) is 7. The summed E-state index contributed by atoms with van der Waals surface area (Å²) in [4.78, 5) is 17.6. The van der Waals surface area contributed by atoms with Gasteiger partial charge in [0.05, 0.1) is 16.6 Å². The molecule has 0 radical (unpaired) electrons. The zero-order valence-corrected chi connectivity index (χ0v) is 19.0. The van der Waals surface area contributed by atoms with Gasteiger partial charge in [0.15, 0.2) is 17.3 Å². The molecule has 0 amide bonds. The average Bonchev–Trinajstić information content (AvgIpc) is 3.37. The predicted molar refractivity (Wildman–Crippen MR) is 127 cm³/mol. The van der Waals surface area contributed by atoms with Crippen LogP contribution in [0.1, 0.15) is 29.0 Å². The van der Waals surface area contributed by atoms with E-state index in [0.717, 1.165) is 11.1 Å². The number of aromatic nitrogens is 1. The maximum absolute atomic E-state index is 12.9. The lowest BCUT2D eigenvalue weighted by Gasteiger charge is -2.13. The first-order valence-corrected chi connectivity index (χ1v) is 11.7. The second-order valence-corrected chi connectivity index (χ2v) is 9.14. The SMILES string of the molecule is CCOc1cc(/C=C2\SC(=N)[C@H](c3nccs3)C2=O)ccc1OCc1ccc(Cl)cc1. The fourth-order valence-electron chi connectivity index (χ4n) is 3.09. The van der Waals surface area contributed by atoms with E-state index in [1.54, 1.807) is 12.3 Å². The summed E-state index contributed by atoms with van der Waals surface area (Å²) in [5.41, 5.74) is 1.81. The van der Waals surface area contributed by atoms with Crippen molar-refractivity contribution in [1.82, 2.24) is 4.98 Å². The molecule has 0 aliphatic carbocycles. The third-order valence-electron chi connectivity index (χ3n) is 4.56. The number of carbonyl (C=O) groups excluding carboxylic acids is 1. The molecular weight excluding hydrogens is 452 g/mol. The zero-order valence-electron chi connectivity index (χ0n) is 16.6. The Bertz CT molecular complexity index is 1130. The molecule has 1 saturated heterocycles. The van der Waals surface area contributed by atoms with Crippen molar-refractivity contribution in [3.63, 3.8) is 0 Å². The van der Waals surface area contributed by atoms with Crippen LogP contribution in [0.2, 0.25) is 5.02 Å². The molecule has 3 aromatic rings. The number of allylic oxidation sites excluding steroid dienone is 1. The number of ether oxygens (including phenoxy) is 2. The van der Waals surface area contributed by atoms with Crippen LogP contribution in [0.3, 0.4) is 0 Å². The van der Waals surface area contributed by atoms with Crippen molar-refractivity contribution in [3.8, 4) is 11.5 Å². The van der Waals surface area contributed by atoms with E-state index in [1.807, 2.05) is 54.8 Å². The average molecular weight is 471 g/mol. The molecule has 2 aromatic carbocycles.